The van der Waals surface area contributed by atoms with E-state index >= 15 is 0 Å². The number of para-hydroxylation sites is 1. The van der Waals surface area contributed by atoms with Crippen LogP contribution in [0.4, 0.5) is 11.4 Å². The number of nitrogens with zero attached hydrogens (tertiary/aromatic N) is 1. The molecule has 1 heterocycles. The van der Waals surface area contributed by atoms with Crippen LogP contribution in [0.3, 0.4) is 0 Å². The van der Waals surface area contributed by atoms with E-state index in [2.05, 4.69) is 10.6 Å². The summed E-state index contributed by atoms with van der Waals surface area (Å²) in [5, 5.41) is 14.7. The molecule has 7 nitrogen and oxygen atoms in total. The lowest BCUT2D eigenvalue weighted by Crippen LogP contribution is -2.44. The third-order valence-electron chi connectivity index (χ3n) is 4.43. The molecule has 1 fully saturated rings. The molecule has 0 unspecified atom stereocenters. The first kappa shape index (κ1) is 18.4. The van der Waals surface area contributed by atoms with Crippen molar-refractivity contribution in [3.63, 3.8) is 0 Å². The third-order valence-corrected chi connectivity index (χ3v) is 4.43. The van der Waals surface area contributed by atoms with Crippen molar-refractivity contribution >= 4 is 29.1 Å². The number of carbonyl (C=O) groups is 3. The maximum absolute atomic E-state index is 12.5. The van der Waals surface area contributed by atoms with Crippen molar-refractivity contribution in [1.82, 2.24) is 5.32 Å². The van der Waals surface area contributed by atoms with Gasteiger partial charge in [0.1, 0.15) is 11.8 Å². The van der Waals surface area contributed by atoms with Gasteiger partial charge in [-0.1, -0.05) is 24.3 Å². The Labute approximate surface area is 157 Å². The number of hydrogen-bond acceptors (Lipinski definition) is 4. The van der Waals surface area contributed by atoms with Gasteiger partial charge in [0.05, 0.1) is 5.92 Å². The molecule has 1 aliphatic rings. The fraction of sp³-hybridized carbons (Fsp3) is 0.250. The minimum atomic E-state index is -0.777. The lowest BCUT2D eigenvalue weighted by molar-refractivity contribution is -0.129. The van der Waals surface area contributed by atoms with Crippen LogP contribution in [0.15, 0.2) is 54.6 Å². The second kappa shape index (κ2) is 7.90. The Bertz CT molecular complexity index is 853. The molecule has 3 amide bonds. The van der Waals surface area contributed by atoms with Crippen LogP contribution in [0.1, 0.15) is 13.3 Å². The molecule has 0 aromatic heterocycles. The van der Waals surface area contributed by atoms with Crippen LogP contribution in [-0.2, 0) is 14.4 Å². The molecule has 27 heavy (non-hydrogen) atoms. The molecule has 0 radical (unpaired) electrons. The first-order valence-electron chi connectivity index (χ1n) is 8.69. The zero-order valence-corrected chi connectivity index (χ0v) is 14.9. The van der Waals surface area contributed by atoms with E-state index < -0.39 is 17.9 Å². The first-order chi connectivity index (χ1) is 12.9. The van der Waals surface area contributed by atoms with Crippen LogP contribution in [-0.4, -0.2) is 35.4 Å². The van der Waals surface area contributed by atoms with E-state index in [4.69, 9.17) is 0 Å². The maximum atomic E-state index is 12.5. The molecular formula is C20H21N3O4. The summed E-state index contributed by atoms with van der Waals surface area (Å²) in [5.41, 5.74) is 1.19. The number of aromatic hydroxyl groups is 1. The van der Waals surface area contributed by atoms with E-state index in [0.29, 0.717) is 5.69 Å². The Morgan fingerprint density at radius 3 is 2.59 bits per heavy atom. The van der Waals surface area contributed by atoms with Gasteiger partial charge in [-0.3, -0.25) is 14.4 Å². The smallest absolute Gasteiger partial charge is 0.246 e. The zero-order chi connectivity index (χ0) is 19.4. The highest BCUT2D eigenvalue weighted by Gasteiger charge is 2.35. The molecule has 0 bridgehead atoms. The minimum absolute atomic E-state index is 0.0370. The van der Waals surface area contributed by atoms with Crippen molar-refractivity contribution in [2.24, 2.45) is 5.92 Å². The Morgan fingerprint density at radius 1 is 1.15 bits per heavy atom. The quantitative estimate of drug-likeness (QED) is 0.751. The molecule has 2 aromatic rings. The molecule has 0 saturated carbocycles. The number of nitrogens with one attached hydrogen (secondary N) is 2. The lowest BCUT2D eigenvalue weighted by atomic mass is 10.1. The molecule has 7 heteroatoms. The van der Waals surface area contributed by atoms with Crippen LogP contribution >= 0.6 is 0 Å². The predicted octanol–water partition coefficient (Wildman–Crippen LogP) is 1.89. The van der Waals surface area contributed by atoms with Crippen LogP contribution < -0.4 is 15.5 Å². The van der Waals surface area contributed by atoms with E-state index in [-0.39, 0.29) is 30.5 Å². The maximum Gasteiger partial charge on any atom is 0.246 e. The van der Waals surface area contributed by atoms with Gasteiger partial charge in [-0.15, -0.1) is 0 Å². The molecule has 1 aliphatic heterocycles. The number of anilines is 2. The minimum Gasteiger partial charge on any atom is -0.508 e. The molecule has 2 aromatic carbocycles. The van der Waals surface area contributed by atoms with Gasteiger partial charge in [-0.25, -0.2) is 0 Å². The van der Waals surface area contributed by atoms with Gasteiger partial charge in [0, 0.05) is 30.4 Å². The van der Waals surface area contributed by atoms with Crippen molar-refractivity contribution in [3.8, 4) is 5.75 Å². The molecule has 0 aliphatic carbocycles. The second-order valence-corrected chi connectivity index (χ2v) is 6.51. The highest BCUT2D eigenvalue weighted by Crippen LogP contribution is 2.25. The number of hydrogen-bond donors (Lipinski definition) is 3. The van der Waals surface area contributed by atoms with Crippen LogP contribution in [0.25, 0.3) is 0 Å². The monoisotopic (exact) mass is 367 g/mol. The number of rotatable bonds is 5. The van der Waals surface area contributed by atoms with Crippen molar-refractivity contribution in [1.29, 1.82) is 0 Å². The summed E-state index contributed by atoms with van der Waals surface area (Å²) in [7, 11) is 0. The Morgan fingerprint density at radius 2 is 1.89 bits per heavy atom. The summed E-state index contributed by atoms with van der Waals surface area (Å²) >= 11 is 0. The molecular weight excluding hydrogens is 346 g/mol. The van der Waals surface area contributed by atoms with Gasteiger partial charge in [0.15, 0.2) is 0 Å². The van der Waals surface area contributed by atoms with Crippen molar-refractivity contribution < 1.29 is 19.5 Å². The second-order valence-electron chi connectivity index (χ2n) is 6.51. The Balaban J connectivity index is 1.57. The van der Waals surface area contributed by atoms with Gasteiger partial charge < -0.3 is 20.6 Å². The van der Waals surface area contributed by atoms with Gasteiger partial charge >= 0.3 is 0 Å². The number of carbonyl (C=O) groups excluding carboxylic acids is 3. The van der Waals surface area contributed by atoms with Crippen LogP contribution in [0.5, 0.6) is 5.75 Å². The molecule has 2 atom stereocenters. The fourth-order valence-corrected chi connectivity index (χ4v) is 2.97. The fourth-order valence-electron chi connectivity index (χ4n) is 2.97. The topological polar surface area (TPSA) is 98.7 Å². The van der Waals surface area contributed by atoms with E-state index in [1.54, 1.807) is 24.0 Å². The summed E-state index contributed by atoms with van der Waals surface area (Å²) in [6.07, 6.45) is 0.113. The van der Waals surface area contributed by atoms with E-state index in [1.807, 2.05) is 30.3 Å². The average Bonchev–Trinajstić information content (AvgIpc) is 3.04. The van der Waals surface area contributed by atoms with E-state index in [1.165, 1.54) is 12.1 Å². The summed E-state index contributed by atoms with van der Waals surface area (Å²) in [6, 6.07) is 14.6. The van der Waals surface area contributed by atoms with Gasteiger partial charge in [0.2, 0.25) is 17.7 Å². The van der Waals surface area contributed by atoms with Crippen molar-refractivity contribution in [2.45, 2.75) is 19.4 Å². The SMILES string of the molecule is C[C@H](NC(=O)[C@@H]1CC(=O)N(c2ccccc2)C1)C(=O)Nc1cccc(O)c1. The van der Waals surface area contributed by atoms with Crippen LogP contribution in [0, 0.1) is 5.92 Å². The third kappa shape index (κ3) is 4.44. The van der Waals surface area contributed by atoms with Gasteiger partial charge in [-0.05, 0) is 31.2 Å². The number of phenols is 1. The predicted molar refractivity (Wildman–Crippen MR) is 101 cm³/mol. The number of benzene rings is 2. The largest absolute Gasteiger partial charge is 0.508 e. The molecule has 3 N–H and O–H groups in total. The van der Waals surface area contributed by atoms with E-state index in [9.17, 15) is 19.5 Å². The van der Waals surface area contributed by atoms with Gasteiger partial charge in [-0.2, -0.15) is 0 Å². The van der Waals surface area contributed by atoms with Crippen molar-refractivity contribution in [3.05, 3.63) is 54.6 Å². The standard InChI is InChI=1S/C20H21N3O4/c1-13(19(26)22-15-6-5-9-17(24)11-15)21-20(27)14-10-18(25)23(12-14)16-7-3-2-4-8-16/h2-9,11,13-14,24H,10,12H2,1H3,(H,21,27)(H,22,26)/t13-,14+/m0/s1. The summed E-state index contributed by atoms with van der Waals surface area (Å²) in [4.78, 5) is 38.5. The zero-order valence-electron chi connectivity index (χ0n) is 14.9. The number of amides is 3. The van der Waals surface area contributed by atoms with Crippen LogP contribution in [0.2, 0.25) is 0 Å². The molecule has 140 valence electrons. The first-order valence-corrected chi connectivity index (χ1v) is 8.69. The highest BCUT2D eigenvalue weighted by molar-refractivity contribution is 6.02. The molecule has 0 spiro atoms. The average molecular weight is 367 g/mol. The van der Waals surface area contributed by atoms with Gasteiger partial charge in [0.25, 0.3) is 0 Å². The summed E-state index contributed by atoms with van der Waals surface area (Å²) in [5.74, 6) is -1.32. The van der Waals surface area contributed by atoms with Crippen molar-refractivity contribution in [2.75, 3.05) is 16.8 Å². The summed E-state index contributed by atoms with van der Waals surface area (Å²) in [6.45, 7) is 1.86. The Hall–Kier alpha value is -3.35. The molecule has 1 saturated heterocycles. The normalized spacial score (nSPS) is 17.4. The number of phenolic OH excluding ortho intramolecular Hbond substituents is 1. The molecule has 3 rings (SSSR count). The Kier molecular flexibility index (Phi) is 5.40. The van der Waals surface area contributed by atoms with E-state index in [0.717, 1.165) is 5.69 Å². The summed E-state index contributed by atoms with van der Waals surface area (Å²) < 4.78 is 0. The highest BCUT2D eigenvalue weighted by atomic mass is 16.3. The lowest BCUT2D eigenvalue weighted by Gasteiger charge is -2.18.